The molecule has 3 rings (SSSR count). The van der Waals surface area contributed by atoms with Crippen LogP contribution in [0.25, 0.3) is 11.5 Å². The Bertz CT molecular complexity index is 993. The Balaban J connectivity index is 1.71. The molecule has 0 saturated carbocycles. The number of nitrogens with zero attached hydrogens (tertiary/aromatic N) is 5. The first-order chi connectivity index (χ1) is 14.2. The van der Waals surface area contributed by atoms with E-state index in [1.54, 1.807) is 50.0 Å². The lowest BCUT2D eigenvalue weighted by Gasteiger charge is -2.11. The molecule has 0 fully saturated rings. The molecular formula is C19H20N6O3S. The Kier molecular flexibility index (Phi) is 6.80. The van der Waals surface area contributed by atoms with Crippen LogP contribution in [-0.2, 0) is 11.3 Å². The van der Waals surface area contributed by atoms with Gasteiger partial charge in [-0.05, 0) is 12.1 Å². The molecule has 150 valence electrons. The highest BCUT2D eigenvalue weighted by Crippen LogP contribution is 2.29. The molecule has 2 heterocycles. The molecule has 0 atom stereocenters. The van der Waals surface area contributed by atoms with Crippen molar-refractivity contribution in [2.24, 2.45) is 0 Å². The molecule has 1 aromatic carbocycles. The van der Waals surface area contributed by atoms with Crippen LogP contribution >= 0.6 is 11.8 Å². The van der Waals surface area contributed by atoms with Gasteiger partial charge in [-0.1, -0.05) is 17.8 Å². The zero-order valence-electron chi connectivity index (χ0n) is 16.0. The molecule has 1 N–H and O–H groups in total. The van der Waals surface area contributed by atoms with E-state index < -0.39 is 0 Å². The fraction of sp³-hybridized carbons (Fsp3) is 0.211. The molecule has 0 bridgehead atoms. The van der Waals surface area contributed by atoms with E-state index in [9.17, 15) is 4.79 Å². The highest BCUT2D eigenvalue weighted by atomic mass is 32.2. The number of allylic oxidation sites excluding steroid dienone is 1. The van der Waals surface area contributed by atoms with Crippen molar-refractivity contribution in [3.63, 3.8) is 0 Å². The van der Waals surface area contributed by atoms with Gasteiger partial charge in [-0.25, -0.2) is 4.98 Å². The summed E-state index contributed by atoms with van der Waals surface area (Å²) in [5, 5.41) is 11.8. The van der Waals surface area contributed by atoms with E-state index in [0.29, 0.717) is 40.4 Å². The van der Waals surface area contributed by atoms with Gasteiger partial charge < -0.3 is 14.8 Å². The standard InChI is InChI=1S/C19H20N6O3S/c1-4-9-25-18(15-11-20-7-8-21-15)23-24-19(25)29-12-17(26)22-14-6-5-13(27-2)10-16(14)28-3/h4-8,10-11H,1,9,12H2,2-3H3,(H,22,26). The molecule has 29 heavy (non-hydrogen) atoms. The zero-order valence-corrected chi connectivity index (χ0v) is 16.8. The summed E-state index contributed by atoms with van der Waals surface area (Å²) >= 11 is 1.27. The fourth-order valence-electron chi connectivity index (χ4n) is 2.51. The van der Waals surface area contributed by atoms with Gasteiger partial charge in [0, 0.05) is 25.0 Å². The minimum Gasteiger partial charge on any atom is -0.497 e. The number of hydrogen-bond acceptors (Lipinski definition) is 8. The number of amides is 1. The van der Waals surface area contributed by atoms with E-state index in [2.05, 4.69) is 32.1 Å². The van der Waals surface area contributed by atoms with Crippen LogP contribution in [0.5, 0.6) is 11.5 Å². The van der Waals surface area contributed by atoms with E-state index in [0.717, 1.165) is 0 Å². The zero-order chi connectivity index (χ0) is 20.6. The van der Waals surface area contributed by atoms with Crippen LogP contribution in [0.3, 0.4) is 0 Å². The molecule has 0 aliphatic carbocycles. The van der Waals surface area contributed by atoms with Crippen molar-refractivity contribution in [1.29, 1.82) is 0 Å². The van der Waals surface area contributed by atoms with Crippen LogP contribution in [0.15, 0.2) is 54.6 Å². The number of methoxy groups -OCH3 is 2. The van der Waals surface area contributed by atoms with E-state index in [1.807, 2.05) is 4.57 Å². The van der Waals surface area contributed by atoms with E-state index in [4.69, 9.17) is 9.47 Å². The quantitative estimate of drug-likeness (QED) is 0.423. The average molecular weight is 412 g/mol. The molecule has 0 saturated heterocycles. The van der Waals surface area contributed by atoms with E-state index >= 15 is 0 Å². The molecule has 2 aromatic heterocycles. The molecule has 0 aliphatic heterocycles. The van der Waals surface area contributed by atoms with Crippen LogP contribution < -0.4 is 14.8 Å². The lowest BCUT2D eigenvalue weighted by atomic mass is 10.2. The summed E-state index contributed by atoms with van der Waals surface area (Å²) in [7, 11) is 3.10. The maximum Gasteiger partial charge on any atom is 0.234 e. The Morgan fingerprint density at radius 2 is 2.14 bits per heavy atom. The van der Waals surface area contributed by atoms with Gasteiger partial charge in [0.05, 0.1) is 31.9 Å². The first-order valence-electron chi connectivity index (χ1n) is 8.61. The summed E-state index contributed by atoms with van der Waals surface area (Å²) in [4.78, 5) is 20.8. The van der Waals surface area contributed by atoms with Gasteiger partial charge in [0.15, 0.2) is 11.0 Å². The van der Waals surface area contributed by atoms with Gasteiger partial charge in [-0.2, -0.15) is 0 Å². The van der Waals surface area contributed by atoms with Crippen molar-refractivity contribution in [2.45, 2.75) is 11.7 Å². The van der Waals surface area contributed by atoms with Gasteiger partial charge in [-0.3, -0.25) is 14.3 Å². The molecule has 0 spiro atoms. The van der Waals surface area contributed by atoms with Crippen molar-refractivity contribution < 1.29 is 14.3 Å². The summed E-state index contributed by atoms with van der Waals surface area (Å²) in [5.74, 6) is 1.67. The number of carbonyl (C=O) groups is 1. The van der Waals surface area contributed by atoms with E-state index in [1.165, 1.54) is 18.9 Å². The van der Waals surface area contributed by atoms with Crippen molar-refractivity contribution in [1.82, 2.24) is 24.7 Å². The third-order valence-corrected chi connectivity index (χ3v) is 4.80. The van der Waals surface area contributed by atoms with Crippen LogP contribution in [-0.4, -0.2) is 50.6 Å². The number of thioether (sulfide) groups is 1. The lowest BCUT2D eigenvalue weighted by molar-refractivity contribution is -0.113. The van der Waals surface area contributed by atoms with Crippen LogP contribution in [0.4, 0.5) is 5.69 Å². The van der Waals surface area contributed by atoms with Crippen LogP contribution in [0.1, 0.15) is 0 Å². The molecule has 10 heteroatoms. The molecule has 0 aliphatic rings. The summed E-state index contributed by atoms with van der Waals surface area (Å²) in [6.07, 6.45) is 6.52. The highest BCUT2D eigenvalue weighted by molar-refractivity contribution is 7.99. The largest absolute Gasteiger partial charge is 0.497 e. The monoisotopic (exact) mass is 412 g/mol. The Morgan fingerprint density at radius 3 is 2.83 bits per heavy atom. The van der Waals surface area contributed by atoms with Crippen LogP contribution in [0.2, 0.25) is 0 Å². The maximum atomic E-state index is 12.4. The molecule has 0 unspecified atom stereocenters. The van der Waals surface area contributed by atoms with Crippen LogP contribution in [0, 0.1) is 0 Å². The van der Waals surface area contributed by atoms with Gasteiger partial charge in [0.1, 0.15) is 17.2 Å². The second-order valence-corrected chi connectivity index (χ2v) is 6.64. The van der Waals surface area contributed by atoms with E-state index in [-0.39, 0.29) is 11.7 Å². The highest BCUT2D eigenvalue weighted by Gasteiger charge is 2.16. The summed E-state index contributed by atoms with van der Waals surface area (Å²) in [5.41, 5.74) is 1.16. The molecule has 1 amide bonds. The number of anilines is 1. The summed E-state index contributed by atoms with van der Waals surface area (Å²) in [6.45, 7) is 4.25. The summed E-state index contributed by atoms with van der Waals surface area (Å²) < 4.78 is 12.3. The van der Waals surface area contributed by atoms with Crippen molar-refractivity contribution in [3.8, 4) is 23.0 Å². The van der Waals surface area contributed by atoms with Crippen molar-refractivity contribution in [2.75, 3.05) is 25.3 Å². The number of nitrogens with one attached hydrogen (secondary N) is 1. The topological polar surface area (TPSA) is 104 Å². The van der Waals surface area contributed by atoms with Gasteiger partial charge in [0.2, 0.25) is 5.91 Å². The van der Waals surface area contributed by atoms with Gasteiger partial charge >= 0.3 is 0 Å². The second kappa shape index (κ2) is 9.69. The van der Waals surface area contributed by atoms with Crippen molar-refractivity contribution in [3.05, 3.63) is 49.4 Å². The Morgan fingerprint density at radius 1 is 1.28 bits per heavy atom. The van der Waals surface area contributed by atoms with Crippen molar-refractivity contribution >= 4 is 23.4 Å². The third-order valence-electron chi connectivity index (χ3n) is 3.84. The predicted octanol–water partition coefficient (Wildman–Crippen LogP) is 2.67. The third kappa shape index (κ3) is 4.91. The van der Waals surface area contributed by atoms with Gasteiger partial charge in [-0.15, -0.1) is 16.8 Å². The number of benzene rings is 1. The number of rotatable bonds is 9. The molecular weight excluding hydrogens is 392 g/mol. The fourth-order valence-corrected chi connectivity index (χ4v) is 3.26. The summed E-state index contributed by atoms with van der Waals surface area (Å²) in [6, 6.07) is 5.18. The first-order valence-corrected chi connectivity index (χ1v) is 9.60. The minimum absolute atomic E-state index is 0.144. The normalized spacial score (nSPS) is 10.4. The van der Waals surface area contributed by atoms with Gasteiger partial charge in [0.25, 0.3) is 0 Å². The Labute approximate surface area is 172 Å². The second-order valence-electron chi connectivity index (χ2n) is 5.70. The number of aromatic nitrogens is 5. The average Bonchev–Trinajstić information content (AvgIpc) is 3.16. The lowest BCUT2D eigenvalue weighted by Crippen LogP contribution is -2.15. The smallest absolute Gasteiger partial charge is 0.234 e. The molecule has 3 aromatic rings. The molecule has 9 nitrogen and oxygen atoms in total. The predicted molar refractivity (Wildman–Crippen MR) is 110 cm³/mol. The number of carbonyl (C=O) groups excluding carboxylic acids is 1. The first kappa shape index (κ1) is 20.3. The molecule has 0 radical (unpaired) electrons. The SMILES string of the molecule is C=CCn1c(SCC(=O)Nc2ccc(OC)cc2OC)nnc1-c1cnccn1. The minimum atomic E-state index is -0.201. The Hall–Kier alpha value is -3.40. The number of hydrogen-bond donors (Lipinski definition) is 1. The number of ether oxygens (including phenoxy) is 2. The maximum absolute atomic E-state index is 12.4.